The monoisotopic (exact) mass is 344 g/mol. The van der Waals surface area contributed by atoms with E-state index >= 15 is 0 Å². The number of hydrogen-bond acceptors (Lipinski definition) is 5. The van der Waals surface area contributed by atoms with Gasteiger partial charge in [0.25, 0.3) is 5.91 Å². The molecule has 0 bridgehead atoms. The molecular formula is C18H21FN4O2. The summed E-state index contributed by atoms with van der Waals surface area (Å²) >= 11 is 0. The average molecular weight is 344 g/mol. The Labute approximate surface area is 146 Å². The zero-order chi connectivity index (χ0) is 17.8. The third-order valence-corrected chi connectivity index (χ3v) is 4.34. The third kappa shape index (κ3) is 4.04. The van der Waals surface area contributed by atoms with Gasteiger partial charge in [-0.3, -0.25) is 4.79 Å². The van der Waals surface area contributed by atoms with Crippen LogP contribution in [0.2, 0.25) is 0 Å². The minimum absolute atomic E-state index is 0.0299. The summed E-state index contributed by atoms with van der Waals surface area (Å²) in [6.07, 6.45) is 4.42. The molecule has 25 heavy (non-hydrogen) atoms. The number of nitrogens with one attached hydrogen (secondary N) is 1. The number of methoxy groups -OCH3 is 1. The molecule has 0 aliphatic carbocycles. The molecule has 0 radical (unpaired) electrons. The molecule has 1 saturated heterocycles. The highest BCUT2D eigenvalue weighted by molar-refractivity contribution is 5.90. The molecule has 1 fully saturated rings. The number of piperidine rings is 1. The van der Waals surface area contributed by atoms with E-state index in [-0.39, 0.29) is 23.6 Å². The summed E-state index contributed by atoms with van der Waals surface area (Å²) in [4.78, 5) is 22.2. The Morgan fingerprint density at radius 3 is 2.60 bits per heavy atom. The number of amides is 1. The van der Waals surface area contributed by atoms with Crippen molar-refractivity contribution in [3.63, 3.8) is 0 Å². The number of ether oxygens (including phenoxy) is 1. The first-order valence-corrected chi connectivity index (χ1v) is 8.25. The van der Waals surface area contributed by atoms with Gasteiger partial charge in [0.05, 0.1) is 25.2 Å². The first-order valence-electron chi connectivity index (χ1n) is 8.25. The summed E-state index contributed by atoms with van der Waals surface area (Å²) in [6, 6.07) is 5.15. The third-order valence-electron chi connectivity index (χ3n) is 4.34. The van der Waals surface area contributed by atoms with Crippen molar-refractivity contribution in [2.45, 2.75) is 25.8 Å². The summed E-state index contributed by atoms with van der Waals surface area (Å²) in [7, 11) is 1.52. The second-order valence-corrected chi connectivity index (χ2v) is 6.14. The molecule has 0 saturated carbocycles. The molecular weight excluding hydrogens is 323 g/mol. The van der Waals surface area contributed by atoms with Crippen molar-refractivity contribution >= 4 is 11.6 Å². The maximum absolute atomic E-state index is 14.0. The Morgan fingerprint density at radius 2 is 1.96 bits per heavy atom. The second-order valence-electron chi connectivity index (χ2n) is 6.14. The molecule has 2 heterocycles. The molecule has 1 N–H and O–H groups in total. The number of carbonyl (C=O) groups excluding carboxylic acids is 1. The number of aromatic nitrogens is 2. The summed E-state index contributed by atoms with van der Waals surface area (Å²) < 4.78 is 19.0. The molecule has 3 rings (SSSR count). The lowest BCUT2D eigenvalue weighted by Gasteiger charge is -2.34. The second kappa shape index (κ2) is 7.46. The minimum Gasteiger partial charge on any atom is -0.494 e. The van der Waals surface area contributed by atoms with Gasteiger partial charge < -0.3 is 15.0 Å². The summed E-state index contributed by atoms with van der Waals surface area (Å²) in [6.45, 7) is 3.33. The van der Waals surface area contributed by atoms with Crippen molar-refractivity contribution in [1.82, 2.24) is 15.3 Å². The minimum atomic E-state index is -0.303. The largest absolute Gasteiger partial charge is 0.494 e. The predicted octanol–water partition coefficient (Wildman–Crippen LogP) is 2.33. The van der Waals surface area contributed by atoms with Gasteiger partial charge in [0.1, 0.15) is 5.82 Å². The first-order chi connectivity index (χ1) is 12.1. The van der Waals surface area contributed by atoms with Crippen LogP contribution in [-0.2, 0) is 0 Å². The first kappa shape index (κ1) is 17.1. The highest BCUT2D eigenvalue weighted by Gasteiger charge is 2.23. The molecule has 0 spiro atoms. The van der Waals surface area contributed by atoms with Crippen molar-refractivity contribution < 1.29 is 13.9 Å². The summed E-state index contributed by atoms with van der Waals surface area (Å²) in [5.74, 6) is 0.112. The molecule has 1 aliphatic rings. The van der Waals surface area contributed by atoms with Gasteiger partial charge in [-0.05, 0) is 37.5 Å². The maximum atomic E-state index is 14.0. The molecule has 6 nitrogen and oxygen atoms in total. The van der Waals surface area contributed by atoms with E-state index in [9.17, 15) is 9.18 Å². The van der Waals surface area contributed by atoms with Crippen LogP contribution >= 0.6 is 0 Å². The standard InChI is InChI=1S/C18H21FN4O2/c1-12-3-4-15(19)16(9-12)23-7-5-13(6-8-23)22-18(24)17-20-10-14(25-2)11-21-17/h3-4,9-11,13H,5-8H2,1-2H3,(H,22,24). The number of anilines is 1. The van der Waals surface area contributed by atoms with Gasteiger partial charge in [-0.15, -0.1) is 0 Å². The normalized spacial score (nSPS) is 15.1. The van der Waals surface area contributed by atoms with Crippen LogP contribution in [0.5, 0.6) is 5.75 Å². The van der Waals surface area contributed by atoms with Crippen molar-refractivity contribution in [1.29, 1.82) is 0 Å². The fourth-order valence-electron chi connectivity index (χ4n) is 2.92. The van der Waals surface area contributed by atoms with E-state index in [1.54, 1.807) is 6.07 Å². The summed E-state index contributed by atoms with van der Waals surface area (Å²) in [5.41, 5.74) is 1.66. The zero-order valence-corrected chi connectivity index (χ0v) is 14.3. The maximum Gasteiger partial charge on any atom is 0.289 e. The molecule has 1 aromatic carbocycles. The highest BCUT2D eigenvalue weighted by Crippen LogP contribution is 2.24. The molecule has 2 aromatic rings. The molecule has 132 valence electrons. The van der Waals surface area contributed by atoms with E-state index in [4.69, 9.17) is 4.74 Å². The Kier molecular flexibility index (Phi) is 5.11. The van der Waals surface area contributed by atoms with E-state index in [0.29, 0.717) is 24.5 Å². The number of nitrogens with zero attached hydrogens (tertiary/aromatic N) is 3. The van der Waals surface area contributed by atoms with Crippen molar-refractivity contribution in [3.8, 4) is 5.75 Å². The van der Waals surface area contributed by atoms with Crippen LogP contribution < -0.4 is 15.0 Å². The van der Waals surface area contributed by atoms with Gasteiger partial charge in [0.2, 0.25) is 5.82 Å². The van der Waals surface area contributed by atoms with Gasteiger partial charge in [-0.25, -0.2) is 14.4 Å². The Hall–Kier alpha value is -2.70. The van der Waals surface area contributed by atoms with E-state index in [1.165, 1.54) is 25.6 Å². The molecule has 0 atom stereocenters. The van der Waals surface area contributed by atoms with Crippen LogP contribution in [0, 0.1) is 12.7 Å². The van der Waals surface area contributed by atoms with Crippen LogP contribution in [0.1, 0.15) is 29.0 Å². The number of halogens is 1. The number of carbonyl (C=O) groups is 1. The highest BCUT2D eigenvalue weighted by atomic mass is 19.1. The van der Waals surface area contributed by atoms with Crippen LogP contribution in [0.15, 0.2) is 30.6 Å². The Balaban J connectivity index is 1.57. The zero-order valence-electron chi connectivity index (χ0n) is 14.3. The quantitative estimate of drug-likeness (QED) is 0.922. The summed E-state index contributed by atoms with van der Waals surface area (Å²) in [5, 5.41) is 2.95. The van der Waals surface area contributed by atoms with E-state index in [1.807, 2.05) is 17.9 Å². The number of benzene rings is 1. The molecule has 7 heteroatoms. The van der Waals surface area contributed by atoms with Gasteiger partial charge in [0, 0.05) is 19.1 Å². The van der Waals surface area contributed by atoms with E-state index in [0.717, 1.165) is 18.4 Å². The van der Waals surface area contributed by atoms with Gasteiger partial charge in [0.15, 0.2) is 5.75 Å². The number of aryl methyl sites for hydroxylation is 1. The van der Waals surface area contributed by atoms with Crippen molar-refractivity contribution in [2.24, 2.45) is 0 Å². The molecule has 1 aromatic heterocycles. The molecule has 0 unspecified atom stereocenters. The van der Waals surface area contributed by atoms with Crippen LogP contribution in [0.3, 0.4) is 0 Å². The fraction of sp³-hybridized carbons (Fsp3) is 0.389. The van der Waals surface area contributed by atoms with Crippen LogP contribution in [0.25, 0.3) is 0 Å². The number of rotatable bonds is 4. The lowest BCUT2D eigenvalue weighted by atomic mass is 10.0. The van der Waals surface area contributed by atoms with E-state index in [2.05, 4.69) is 15.3 Å². The van der Waals surface area contributed by atoms with Gasteiger partial charge in [-0.1, -0.05) is 6.07 Å². The Bertz CT molecular complexity index is 743. The van der Waals surface area contributed by atoms with Gasteiger partial charge >= 0.3 is 0 Å². The average Bonchev–Trinajstić information content (AvgIpc) is 2.64. The van der Waals surface area contributed by atoms with Crippen molar-refractivity contribution in [2.75, 3.05) is 25.1 Å². The lowest BCUT2D eigenvalue weighted by molar-refractivity contribution is 0.0920. The predicted molar refractivity (Wildman–Crippen MR) is 92.4 cm³/mol. The molecule has 1 aliphatic heterocycles. The van der Waals surface area contributed by atoms with Gasteiger partial charge in [-0.2, -0.15) is 0 Å². The Morgan fingerprint density at radius 1 is 1.28 bits per heavy atom. The fourth-order valence-corrected chi connectivity index (χ4v) is 2.92. The smallest absolute Gasteiger partial charge is 0.289 e. The van der Waals surface area contributed by atoms with Crippen LogP contribution in [-0.4, -0.2) is 42.1 Å². The lowest BCUT2D eigenvalue weighted by Crippen LogP contribution is -2.45. The molecule has 1 amide bonds. The number of hydrogen-bond donors (Lipinski definition) is 1. The topological polar surface area (TPSA) is 67.3 Å². The van der Waals surface area contributed by atoms with E-state index < -0.39 is 0 Å². The van der Waals surface area contributed by atoms with Crippen LogP contribution in [0.4, 0.5) is 10.1 Å². The SMILES string of the molecule is COc1cnc(C(=O)NC2CCN(c3cc(C)ccc3F)CC2)nc1. The van der Waals surface area contributed by atoms with Crippen molar-refractivity contribution in [3.05, 3.63) is 47.8 Å².